The molecule has 0 aromatic rings. The lowest BCUT2D eigenvalue weighted by Crippen LogP contribution is -2.61. The van der Waals surface area contributed by atoms with Crippen LogP contribution in [0, 0.1) is 46.3 Å². The standard InChI is InChI=1S/C42H58N6O13/c1-40(16-30(43)50)22(5-9-33(54)55)27-15-42-41(2,17-31(51)48-42)23(6-10-34(56)57)26(47-42)13-24-20(11-35(58)59)19(4-8-32(52)53)39(45-24)37-28(49)7-3-18-21(12-36(60)61)25(46-38(18)37)14-29(40)44-27/h13,18-23,25-27,29,38,44-47H,3-12,14-17H2,1-2H3,(H2,43,50)(H,48,51)(H,52,53)(H,54,55)(H,56,57)(H,58,59)(H,60,61)/b24-13-,39-37?/t18-,19-,20-,21-,22+,23+,25+,26?,27-,29?,38?,40-,41-,42-/m0/s1. The fourth-order valence-corrected chi connectivity index (χ4v) is 13.3. The van der Waals surface area contributed by atoms with Gasteiger partial charge in [0.05, 0.1) is 12.1 Å². The molecule has 0 aromatic heterocycles. The number of nitrogens with two attached hydrogens (primary N) is 1. The van der Waals surface area contributed by atoms with Crippen molar-refractivity contribution in [2.45, 2.75) is 140 Å². The lowest BCUT2D eigenvalue weighted by molar-refractivity contribution is -0.139. The molecule has 61 heavy (non-hydrogen) atoms. The maximum absolute atomic E-state index is 14.3. The Morgan fingerprint density at radius 3 is 2.07 bits per heavy atom. The number of primary amides is 1. The van der Waals surface area contributed by atoms with Crippen molar-refractivity contribution in [1.29, 1.82) is 0 Å². The molecule has 1 saturated carbocycles. The second-order valence-electron chi connectivity index (χ2n) is 19.2. The van der Waals surface area contributed by atoms with Crippen LogP contribution in [0.25, 0.3) is 0 Å². The molecular formula is C42H58N6O13. The molecule has 8 bridgehead atoms. The van der Waals surface area contributed by atoms with Crippen LogP contribution in [0.2, 0.25) is 0 Å². The Hall–Kier alpha value is -4.88. The van der Waals surface area contributed by atoms with Gasteiger partial charge >= 0.3 is 29.8 Å². The van der Waals surface area contributed by atoms with E-state index in [-0.39, 0.29) is 94.7 Å². The van der Waals surface area contributed by atoms with Gasteiger partial charge in [0.1, 0.15) is 0 Å². The lowest BCUT2D eigenvalue weighted by Gasteiger charge is -2.43. The molecule has 7 rings (SSSR count). The Balaban J connectivity index is 1.47. The van der Waals surface area contributed by atoms with Gasteiger partial charge in [-0.3, -0.25) is 43.7 Å². The van der Waals surface area contributed by atoms with Crippen molar-refractivity contribution in [2.75, 3.05) is 0 Å². The fourth-order valence-electron chi connectivity index (χ4n) is 13.3. The maximum atomic E-state index is 14.3. The molecule has 0 aromatic carbocycles. The summed E-state index contributed by atoms with van der Waals surface area (Å²) in [5.74, 6) is -10.1. The van der Waals surface area contributed by atoms with Crippen molar-refractivity contribution >= 4 is 47.4 Å². The van der Waals surface area contributed by atoms with Crippen molar-refractivity contribution in [1.82, 2.24) is 26.6 Å². The number of carboxylic acid groups (broad SMARTS) is 5. The molecule has 6 aliphatic heterocycles. The normalized spacial score (nSPS) is 40.8. The molecule has 0 radical (unpaired) electrons. The first-order chi connectivity index (χ1) is 28.7. The molecular weight excluding hydrogens is 796 g/mol. The minimum absolute atomic E-state index is 0.00140. The van der Waals surface area contributed by atoms with E-state index in [1.54, 1.807) is 6.08 Å². The van der Waals surface area contributed by atoms with E-state index < -0.39 is 118 Å². The number of amides is 2. The summed E-state index contributed by atoms with van der Waals surface area (Å²) >= 11 is 0. The largest absolute Gasteiger partial charge is 0.481 e. The zero-order chi connectivity index (χ0) is 44.3. The summed E-state index contributed by atoms with van der Waals surface area (Å²) in [5, 5.41) is 67.9. The lowest BCUT2D eigenvalue weighted by atomic mass is 9.63. The topological polar surface area (TPSA) is 324 Å². The summed E-state index contributed by atoms with van der Waals surface area (Å²) in [4.78, 5) is 102. The van der Waals surface area contributed by atoms with E-state index in [9.17, 15) is 63.9 Å². The highest BCUT2D eigenvalue weighted by Gasteiger charge is 2.68. The summed E-state index contributed by atoms with van der Waals surface area (Å²) in [6.45, 7) is 3.79. The van der Waals surface area contributed by atoms with Crippen LogP contribution in [-0.2, 0) is 38.4 Å². The van der Waals surface area contributed by atoms with Gasteiger partial charge in [0, 0.05) is 116 Å². The number of Topliss-reactive ketones (excluding diaryl/α,β-unsaturated/α-hetero) is 1. The first-order valence-corrected chi connectivity index (χ1v) is 21.4. The molecule has 1 aliphatic carbocycles. The van der Waals surface area contributed by atoms with Crippen LogP contribution in [0.4, 0.5) is 0 Å². The molecule has 6 heterocycles. The van der Waals surface area contributed by atoms with E-state index >= 15 is 0 Å². The van der Waals surface area contributed by atoms with Gasteiger partial charge in [-0.15, -0.1) is 0 Å². The fraction of sp³-hybridized carbons (Fsp3) is 0.714. The molecule has 19 heteroatoms. The predicted octanol–water partition coefficient (Wildman–Crippen LogP) is 0.882. The monoisotopic (exact) mass is 854 g/mol. The highest BCUT2D eigenvalue weighted by Crippen LogP contribution is 2.58. The van der Waals surface area contributed by atoms with Gasteiger partial charge in [0.15, 0.2) is 5.78 Å². The summed E-state index contributed by atoms with van der Waals surface area (Å²) in [5.41, 5.74) is 3.90. The number of fused-ring (bicyclic) bond motifs is 6. The molecule has 12 N–H and O–H groups in total. The average molecular weight is 855 g/mol. The Bertz CT molecular complexity index is 1970. The Labute approximate surface area is 352 Å². The zero-order valence-electron chi connectivity index (χ0n) is 34.4. The Morgan fingerprint density at radius 2 is 1.44 bits per heavy atom. The number of carboxylic acids is 5. The van der Waals surface area contributed by atoms with Gasteiger partial charge in [-0.2, -0.15) is 0 Å². The molecule has 5 saturated heterocycles. The molecule has 1 spiro atoms. The third-order valence-corrected chi connectivity index (χ3v) is 15.8. The Kier molecular flexibility index (Phi) is 11.9. The van der Waals surface area contributed by atoms with Gasteiger partial charge < -0.3 is 52.5 Å². The number of allylic oxidation sites excluding steroid dienone is 2. The van der Waals surface area contributed by atoms with Crippen LogP contribution in [0.1, 0.15) is 104 Å². The van der Waals surface area contributed by atoms with Crippen LogP contribution >= 0.6 is 0 Å². The molecule has 2 amide bonds. The number of aliphatic carboxylic acids is 5. The SMILES string of the molecule is C[C@@]12CC(=O)N[C@@]13C[C@@H]1NC(C[C@H]4NC5C(=C6N/C(=C\C(N3)[C@H]2CCC(=O)O)[C@@H](CC(=O)O)[C@@H]6CCC(=O)O)C(=O)CC[C@H]5[C@@H]4CC(=O)O)[C@@](C)(CC(N)=O)[C@@H]1CCC(=O)O. The van der Waals surface area contributed by atoms with E-state index in [0.29, 0.717) is 23.4 Å². The van der Waals surface area contributed by atoms with E-state index in [2.05, 4.69) is 26.6 Å². The molecule has 7 aliphatic rings. The van der Waals surface area contributed by atoms with Gasteiger partial charge in [0.25, 0.3) is 0 Å². The Morgan fingerprint density at radius 1 is 0.803 bits per heavy atom. The van der Waals surface area contributed by atoms with Crippen LogP contribution in [-0.4, -0.2) is 109 Å². The minimum atomic E-state index is -1.23. The molecule has 334 valence electrons. The number of carbonyl (C=O) groups excluding carboxylic acids is 3. The van der Waals surface area contributed by atoms with E-state index in [4.69, 9.17) is 5.73 Å². The second kappa shape index (κ2) is 16.4. The average Bonchev–Trinajstić information content (AvgIpc) is 3.83. The minimum Gasteiger partial charge on any atom is -0.481 e. The maximum Gasteiger partial charge on any atom is 0.304 e. The number of hydrogen-bond acceptors (Lipinski definition) is 12. The van der Waals surface area contributed by atoms with Crippen LogP contribution in [0.15, 0.2) is 23.0 Å². The van der Waals surface area contributed by atoms with Crippen molar-refractivity contribution < 1.29 is 63.9 Å². The van der Waals surface area contributed by atoms with Crippen molar-refractivity contribution in [3.05, 3.63) is 23.0 Å². The first-order valence-electron chi connectivity index (χ1n) is 21.4. The number of carbonyl (C=O) groups is 8. The van der Waals surface area contributed by atoms with E-state index in [1.165, 1.54) is 0 Å². The van der Waals surface area contributed by atoms with Gasteiger partial charge in [-0.1, -0.05) is 13.8 Å². The number of nitrogens with one attached hydrogen (secondary N) is 5. The molecule has 19 nitrogen and oxygen atoms in total. The van der Waals surface area contributed by atoms with Gasteiger partial charge in [-0.25, -0.2) is 0 Å². The summed E-state index contributed by atoms with van der Waals surface area (Å²) in [7, 11) is 0. The quantitative estimate of drug-likeness (QED) is 0.109. The van der Waals surface area contributed by atoms with E-state index in [1.807, 2.05) is 13.8 Å². The summed E-state index contributed by atoms with van der Waals surface area (Å²) < 4.78 is 0. The van der Waals surface area contributed by atoms with Crippen molar-refractivity contribution in [2.24, 2.45) is 52.1 Å². The zero-order valence-corrected chi connectivity index (χ0v) is 34.4. The van der Waals surface area contributed by atoms with Crippen molar-refractivity contribution in [3.63, 3.8) is 0 Å². The highest BCUT2D eigenvalue weighted by atomic mass is 16.4. The number of ketones is 1. The number of hydrogen-bond donors (Lipinski definition) is 11. The third kappa shape index (κ3) is 8.04. The van der Waals surface area contributed by atoms with Gasteiger partial charge in [0.2, 0.25) is 11.8 Å². The van der Waals surface area contributed by atoms with Crippen LogP contribution < -0.4 is 32.3 Å². The van der Waals surface area contributed by atoms with Crippen LogP contribution in [0.3, 0.4) is 0 Å². The molecule has 14 atom stereocenters. The van der Waals surface area contributed by atoms with Crippen molar-refractivity contribution in [3.8, 4) is 0 Å². The van der Waals surface area contributed by atoms with Gasteiger partial charge in [-0.05, 0) is 67.3 Å². The number of rotatable bonds is 15. The third-order valence-electron chi connectivity index (χ3n) is 15.8. The summed E-state index contributed by atoms with van der Waals surface area (Å²) in [6, 6.07) is -3.01. The van der Waals surface area contributed by atoms with Crippen LogP contribution in [0.5, 0.6) is 0 Å². The second-order valence-corrected chi connectivity index (χ2v) is 19.2. The molecule has 6 fully saturated rings. The summed E-state index contributed by atoms with van der Waals surface area (Å²) in [6.07, 6.45) is 1.26. The highest BCUT2D eigenvalue weighted by molar-refractivity contribution is 5.98. The van der Waals surface area contributed by atoms with E-state index in [0.717, 1.165) is 0 Å². The first kappa shape index (κ1) is 44.2. The smallest absolute Gasteiger partial charge is 0.304 e. The molecule has 3 unspecified atom stereocenters. The predicted molar refractivity (Wildman–Crippen MR) is 212 cm³/mol.